The molecular weight excluding hydrogens is 262 g/mol. The number of rotatable bonds is 6. The molecule has 0 amide bonds. The number of nitrogens with zero attached hydrogens (tertiary/aromatic N) is 2. The normalized spacial score (nSPS) is 13.5. The molecule has 1 aromatic heterocycles. The smallest absolute Gasteiger partial charge is 0.157 e. The van der Waals surface area contributed by atoms with Crippen LogP contribution in [-0.4, -0.2) is 31.2 Å². The second kappa shape index (κ2) is 6.43. The topological polar surface area (TPSA) is 85.9 Å². The molecule has 0 aromatic carbocycles. The van der Waals surface area contributed by atoms with Gasteiger partial charge in [-0.25, -0.2) is 18.4 Å². The second-order valence-electron chi connectivity index (χ2n) is 4.67. The molecule has 0 aliphatic carbocycles. The van der Waals surface area contributed by atoms with Crippen molar-refractivity contribution < 1.29 is 8.42 Å². The molecule has 2 N–H and O–H groups in total. The summed E-state index contributed by atoms with van der Waals surface area (Å²) in [5.74, 6) is 0.400. The average Bonchev–Trinajstić information content (AvgIpc) is 2.37. The van der Waals surface area contributed by atoms with Crippen LogP contribution < -0.4 is 5.73 Å². The van der Waals surface area contributed by atoms with Gasteiger partial charge in [-0.2, -0.15) is 0 Å². The van der Waals surface area contributed by atoms with Gasteiger partial charge >= 0.3 is 0 Å². The Balaban J connectivity index is 3.38. The molecule has 0 aliphatic rings. The third-order valence-corrected chi connectivity index (χ3v) is 4.76. The minimum atomic E-state index is -3.18. The molecule has 108 valence electrons. The Morgan fingerprint density at radius 2 is 1.63 bits per heavy atom. The second-order valence-corrected chi connectivity index (χ2v) is 7.04. The molecule has 6 heteroatoms. The first kappa shape index (κ1) is 16.0. The lowest BCUT2D eigenvalue weighted by Gasteiger charge is -2.15. The zero-order valence-corrected chi connectivity index (χ0v) is 12.9. The van der Waals surface area contributed by atoms with Crippen LogP contribution >= 0.6 is 0 Å². The van der Waals surface area contributed by atoms with E-state index in [9.17, 15) is 8.42 Å². The fourth-order valence-corrected chi connectivity index (χ4v) is 2.48. The van der Waals surface area contributed by atoms with E-state index in [1.165, 1.54) is 6.26 Å². The summed E-state index contributed by atoms with van der Waals surface area (Å²) >= 11 is 0. The van der Waals surface area contributed by atoms with E-state index in [2.05, 4.69) is 9.97 Å². The number of nitrogens with two attached hydrogens (primary N) is 1. The molecule has 19 heavy (non-hydrogen) atoms. The minimum absolute atomic E-state index is 0.400. The lowest BCUT2D eigenvalue weighted by Crippen LogP contribution is -2.17. The van der Waals surface area contributed by atoms with Gasteiger partial charge in [0.25, 0.3) is 0 Å². The molecule has 0 bridgehead atoms. The Morgan fingerprint density at radius 1 is 1.16 bits per heavy atom. The molecule has 1 rings (SSSR count). The van der Waals surface area contributed by atoms with E-state index in [-0.39, 0.29) is 0 Å². The fraction of sp³-hybridized carbons (Fsp3) is 0.692. The van der Waals surface area contributed by atoms with Crippen LogP contribution in [0.4, 0.5) is 0 Å². The lowest BCUT2D eigenvalue weighted by atomic mass is 10.0. The van der Waals surface area contributed by atoms with Crippen LogP contribution in [0.15, 0.2) is 0 Å². The zero-order valence-electron chi connectivity index (χ0n) is 12.1. The third-order valence-electron chi connectivity index (χ3n) is 3.27. The van der Waals surface area contributed by atoms with E-state index in [1.54, 1.807) is 6.92 Å². The monoisotopic (exact) mass is 285 g/mol. The van der Waals surface area contributed by atoms with Crippen molar-refractivity contribution in [2.45, 2.75) is 45.3 Å². The highest BCUT2D eigenvalue weighted by Gasteiger charge is 2.22. The van der Waals surface area contributed by atoms with Crippen LogP contribution in [0.1, 0.15) is 48.8 Å². The van der Waals surface area contributed by atoms with Crippen LogP contribution in [0.3, 0.4) is 0 Å². The van der Waals surface area contributed by atoms with Crippen molar-refractivity contribution in [1.82, 2.24) is 9.97 Å². The maximum Gasteiger partial charge on any atom is 0.157 e. The molecule has 0 saturated heterocycles. The van der Waals surface area contributed by atoms with E-state index in [4.69, 9.17) is 5.73 Å². The predicted octanol–water partition coefficient (Wildman–Crippen LogP) is 1.21. The van der Waals surface area contributed by atoms with Crippen molar-refractivity contribution in [3.05, 3.63) is 22.8 Å². The lowest BCUT2D eigenvalue weighted by molar-refractivity contribution is 0.588. The predicted molar refractivity (Wildman–Crippen MR) is 76.8 cm³/mol. The summed E-state index contributed by atoms with van der Waals surface area (Å²) in [6.07, 6.45) is 3.47. The van der Waals surface area contributed by atoms with E-state index >= 15 is 0 Å². The maximum absolute atomic E-state index is 11.6. The fourth-order valence-electron chi connectivity index (χ4n) is 1.99. The Kier molecular flexibility index (Phi) is 5.43. The van der Waals surface area contributed by atoms with Gasteiger partial charge in [0.2, 0.25) is 0 Å². The van der Waals surface area contributed by atoms with E-state index in [0.717, 1.165) is 36.2 Å². The maximum atomic E-state index is 11.6. The molecule has 0 aliphatic heterocycles. The summed E-state index contributed by atoms with van der Waals surface area (Å²) in [7, 11) is -3.18. The highest BCUT2D eigenvalue weighted by molar-refractivity contribution is 7.90. The van der Waals surface area contributed by atoms with Gasteiger partial charge in [0.05, 0.1) is 0 Å². The van der Waals surface area contributed by atoms with Crippen LogP contribution in [-0.2, 0) is 29.1 Å². The van der Waals surface area contributed by atoms with Gasteiger partial charge in [-0.15, -0.1) is 0 Å². The molecule has 0 radical (unpaired) electrons. The molecule has 1 unspecified atom stereocenters. The summed E-state index contributed by atoms with van der Waals surface area (Å²) in [6, 6.07) is 0. The Labute approximate surface area is 115 Å². The zero-order chi connectivity index (χ0) is 14.6. The van der Waals surface area contributed by atoms with E-state index in [0.29, 0.717) is 12.4 Å². The van der Waals surface area contributed by atoms with E-state index in [1.807, 2.05) is 13.8 Å². The molecular formula is C13H23N3O2S. The number of hydrogen-bond donors (Lipinski definition) is 1. The van der Waals surface area contributed by atoms with Crippen molar-refractivity contribution in [2.75, 3.05) is 12.8 Å². The number of sulfone groups is 1. The van der Waals surface area contributed by atoms with Gasteiger partial charge in [-0.05, 0) is 38.3 Å². The van der Waals surface area contributed by atoms with Crippen LogP contribution in [0, 0.1) is 0 Å². The highest BCUT2D eigenvalue weighted by atomic mass is 32.2. The van der Waals surface area contributed by atoms with Gasteiger partial charge in [0.15, 0.2) is 9.84 Å². The summed E-state index contributed by atoms with van der Waals surface area (Å²) in [5, 5.41) is -0.671. The molecule has 0 spiro atoms. The summed E-state index contributed by atoms with van der Waals surface area (Å²) in [5.41, 5.74) is 8.54. The Hall–Kier alpha value is -1.01. The molecule has 0 saturated carbocycles. The van der Waals surface area contributed by atoms with Crippen LogP contribution in [0.2, 0.25) is 0 Å². The number of aromatic nitrogens is 2. The number of hydrogen-bond acceptors (Lipinski definition) is 5. The number of aryl methyl sites for hydroxylation is 2. The molecule has 0 fully saturated rings. The first-order valence-electron chi connectivity index (χ1n) is 6.62. The van der Waals surface area contributed by atoms with Crippen molar-refractivity contribution >= 4 is 9.84 Å². The summed E-state index contributed by atoms with van der Waals surface area (Å²) < 4.78 is 23.3. The van der Waals surface area contributed by atoms with Crippen LogP contribution in [0.25, 0.3) is 0 Å². The van der Waals surface area contributed by atoms with Gasteiger partial charge in [0.1, 0.15) is 11.1 Å². The van der Waals surface area contributed by atoms with Crippen molar-refractivity contribution in [3.63, 3.8) is 0 Å². The van der Waals surface area contributed by atoms with Crippen molar-refractivity contribution in [2.24, 2.45) is 5.73 Å². The summed E-state index contributed by atoms with van der Waals surface area (Å²) in [6.45, 7) is 6.20. The molecule has 1 aromatic rings. The standard InChI is InChI=1S/C13H23N3O2S/c1-5-11-10(7-8-14)12(6-2)16-13(15-11)9(3)19(4,17)18/h9H,5-8,14H2,1-4H3. The third kappa shape index (κ3) is 3.73. The molecule has 5 nitrogen and oxygen atoms in total. The van der Waals surface area contributed by atoms with Gasteiger partial charge in [-0.1, -0.05) is 13.8 Å². The van der Waals surface area contributed by atoms with E-state index < -0.39 is 15.1 Å². The molecule has 1 atom stereocenters. The SMILES string of the molecule is CCc1nc(C(C)S(C)(=O)=O)nc(CC)c1CCN. The van der Waals surface area contributed by atoms with Crippen LogP contribution in [0.5, 0.6) is 0 Å². The Bertz CT molecular complexity index is 516. The van der Waals surface area contributed by atoms with Crippen molar-refractivity contribution in [3.8, 4) is 0 Å². The Morgan fingerprint density at radius 3 is 1.95 bits per heavy atom. The van der Waals surface area contributed by atoms with Gasteiger partial charge in [-0.3, -0.25) is 0 Å². The summed E-state index contributed by atoms with van der Waals surface area (Å²) in [4.78, 5) is 8.88. The largest absolute Gasteiger partial charge is 0.330 e. The average molecular weight is 285 g/mol. The minimum Gasteiger partial charge on any atom is -0.330 e. The molecule has 1 heterocycles. The van der Waals surface area contributed by atoms with Gasteiger partial charge in [0, 0.05) is 17.6 Å². The van der Waals surface area contributed by atoms with Gasteiger partial charge < -0.3 is 5.73 Å². The first-order valence-corrected chi connectivity index (χ1v) is 8.58. The van der Waals surface area contributed by atoms with Crippen molar-refractivity contribution in [1.29, 1.82) is 0 Å². The quantitative estimate of drug-likeness (QED) is 0.849. The highest BCUT2D eigenvalue weighted by Crippen LogP contribution is 2.21. The first-order chi connectivity index (χ1) is 8.85.